The number of aliphatic hydroxyl groups excluding tert-OH is 1. The molecule has 5 atom stereocenters. The molecule has 0 spiro atoms. The summed E-state index contributed by atoms with van der Waals surface area (Å²) >= 11 is 0. The number of guanidine groups is 1. The molecule has 0 aliphatic rings. The summed E-state index contributed by atoms with van der Waals surface area (Å²) in [5.41, 5.74) is 16.6. The topological polar surface area (TPSA) is 301 Å². The largest absolute Gasteiger partial charge is 0.481 e. The van der Waals surface area contributed by atoms with Crippen LogP contribution in [-0.2, 0) is 30.4 Å². The monoisotopic (exact) mass is 527 g/mol. The lowest BCUT2D eigenvalue weighted by Gasteiger charge is -2.26. The molecule has 1 aromatic heterocycles. The van der Waals surface area contributed by atoms with Gasteiger partial charge in [0.15, 0.2) is 5.96 Å². The number of aliphatic carboxylic acids is 2. The van der Waals surface area contributed by atoms with E-state index in [4.69, 9.17) is 22.3 Å². The Kier molecular flexibility index (Phi) is 12.5. The predicted octanol–water partition coefficient (Wildman–Crippen LogP) is -4.27. The third-order valence-electron chi connectivity index (χ3n) is 4.97. The van der Waals surface area contributed by atoms with E-state index in [1.807, 2.05) is 0 Å². The molecule has 1 aromatic rings. The first kappa shape index (κ1) is 30.8. The van der Waals surface area contributed by atoms with Crippen molar-refractivity contribution >= 4 is 35.6 Å². The molecule has 0 aliphatic carbocycles. The van der Waals surface area contributed by atoms with E-state index in [-0.39, 0.29) is 25.3 Å². The van der Waals surface area contributed by atoms with Gasteiger partial charge in [-0.2, -0.15) is 0 Å². The molecule has 0 radical (unpaired) electrons. The standard InChI is InChI=1S/C20H33N9O8/c1-9(30)15(18(35)28-13(19(36)37)5-10-7-24-8-26-10)29-17(34)12(6-14(31)32)27-16(33)11(21)3-2-4-25-20(22)23/h7-9,11-13,15,30H,2-6,21H2,1H3,(H,24,26)(H,27,33)(H,28,35)(H,29,34)(H,31,32)(H,36,37)(H4,22,23,25). The highest BCUT2D eigenvalue weighted by atomic mass is 16.4. The van der Waals surface area contributed by atoms with Gasteiger partial charge in [0.1, 0.15) is 18.1 Å². The van der Waals surface area contributed by atoms with E-state index in [9.17, 15) is 34.2 Å². The summed E-state index contributed by atoms with van der Waals surface area (Å²) in [5, 5.41) is 35.2. The van der Waals surface area contributed by atoms with Crippen molar-refractivity contribution in [1.82, 2.24) is 25.9 Å². The van der Waals surface area contributed by atoms with E-state index in [0.717, 1.165) is 6.92 Å². The number of carboxylic acids is 2. The van der Waals surface area contributed by atoms with Gasteiger partial charge in [-0.3, -0.25) is 24.2 Å². The summed E-state index contributed by atoms with van der Waals surface area (Å²) in [6.07, 6.45) is 0.600. The summed E-state index contributed by atoms with van der Waals surface area (Å²) in [6.45, 7) is 1.36. The second-order valence-electron chi connectivity index (χ2n) is 8.12. The fourth-order valence-electron chi connectivity index (χ4n) is 3.05. The normalized spacial score (nSPS) is 14.8. The summed E-state index contributed by atoms with van der Waals surface area (Å²) in [5.74, 6) is -5.95. The molecule has 0 saturated carbocycles. The number of hydrogen-bond donors (Lipinski definition) is 10. The minimum absolute atomic E-state index is 0.121. The molecule has 3 amide bonds. The van der Waals surface area contributed by atoms with Gasteiger partial charge in [0, 0.05) is 24.9 Å². The first-order valence-electron chi connectivity index (χ1n) is 11.1. The van der Waals surface area contributed by atoms with E-state index in [1.54, 1.807) is 0 Å². The lowest BCUT2D eigenvalue weighted by atomic mass is 10.1. The highest BCUT2D eigenvalue weighted by molar-refractivity contribution is 5.95. The molecule has 13 N–H and O–H groups in total. The van der Waals surface area contributed by atoms with Crippen LogP contribution in [0.1, 0.15) is 31.9 Å². The van der Waals surface area contributed by atoms with Crippen molar-refractivity contribution in [3.05, 3.63) is 18.2 Å². The number of aliphatic hydroxyl groups is 1. The Bertz CT molecular complexity index is 963. The lowest BCUT2D eigenvalue weighted by molar-refractivity contribution is -0.144. The number of nitrogens with two attached hydrogens (primary N) is 3. The maximum absolute atomic E-state index is 12.8. The third kappa shape index (κ3) is 11.4. The van der Waals surface area contributed by atoms with E-state index in [2.05, 4.69) is 30.9 Å². The van der Waals surface area contributed by atoms with Crippen molar-refractivity contribution < 1.29 is 39.3 Å². The molecule has 17 nitrogen and oxygen atoms in total. The van der Waals surface area contributed by atoms with Crippen molar-refractivity contribution in [2.24, 2.45) is 22.2 Å². The highest BCUT2D eigenvalue weighted by Crippen LogP contribution is 2.04. The van der Waals surface area contributed by atoms with Crippen LogP contribution in [0.2, 0.25) is 0 Å². The number of nitrogens with one attached hydrogen (secondary N) is 4. The molecule has 0 fully saturated rings. The molecule has 0 saturated heterocycles. The fourth-order valence-corrected chi connectivity index (χ4v) is 3.05. The molecular weight excluding hydrogens is 494 g/mol. The Morgan fingerprint density at radius 1 is 1.05 bits per heavy atom. The van der Waals surface area contributed by atoms with Crippen molar-refractivity contribution in [2.75, 3.05) is 6.54 Å². The average Bonchev–Trinajstić information content (AvgIpc) is 3.31. The Hall–Kier alpha value is -4.25. The van der Waals surface area contributed by atoms with E-state index < -0.39 is 66.4 Å². The number of H-pyrrole nitrogens is 1. The average molecular weight is 528 g/mol. The van der Waals surface area contributed by atoms with Gasteiger partial charge < -0.3 is 53.5 Å². The van der Waals surface area contributed by atoms with Gasteiger partial charge in [0.05, 0.1) is 24.9 Å². The highest BCUT2D eigenvalue weighted by Gasteiger charge is 2.33. The molecule has 5 unspecified atom stereocenters. The van der Waals surface area contributed by atoms with Crippen LogP contribution < -0.4 is 33.2 Å². The number of carbonyl (C=O) groups excluding carboxylic acids is 3. The molecule has 1 heterocycles. The molecule has 1 rings (SSSR count). The summed E-state index contributed by atoms with van der Waals surface area (Å²) in [4.78, 5) is 70.9. The van der Waals surface area contributed by atoms with Gasteiger partial charge in [-0.1, -0.05) is 0 Å². The SMILES string of the molecule is CC(O)C(NC(=O)C(CC(=O)O)NC(=O)C(N)CCCN=C(N)N)C(=O)NC(Cc1cnc[nH]1)C(=O)O. The van der Waals surface area contributed by atoms with Crippen LogP contribution >= 0.6 is 0 Å². The number of amides is 3. The second kappa shape index (κ2) is 15.0. The van der Waals surface area contributed by atoms with Gasteiger partial charge in [-0.05, 0) is 19.8 Å². The summed E-state index contributed by atoms with van der Waals surface area (Å²) in [6, 6.07) is -5.87. The zero-order valence-electron chi connectivity index (χ0n) is 20.1. The van der Waals surface area contributed by atoms with Gasteiger partial charge >= 0.3 is 11.9 Å². The van der Waals surface area contributed by atoms with Gasteiger partial charge in [-0.25, -0.2) is 9.78 Å². The molecule has 0 bridgehead atoms. The number of carboxylic acid groups (broad SMARTS) is 2. The smallest absolute Gasteiger partial charge is 0.326 e. The van der Waals surface area contributed by atoms with Crippen LogP contribution in [0.3, 0.4) is 0 Å². The van der Waals surface area contributed by atoms with Crippen molar-refractivity contribution in [3.63, 3.8) is 0 Å². The Labute approximate surface area is 211 Å². The van der Waals surface area contributed by atoms with Crippen molar-refractivity contribution in [2.45, 2.75) is 62.9 Å². The Morgan fingerprint density at radius 2 is 1.70 bits per heavy atom. The number of aromatic amines is 1. The summed E-state index contributed by atoms with van der Waals surface area (Å²) < 4.78 is 0. The van der Waals surface area contributed by atoms with Crippen LogP contribution in [0.15, 0.2) is 17.5 Å². The summed E-state index contributed by atoms with van der Waals surface area (Å²) in [7, 11) is 0. The van der Waals surface area contributed by atoms with Crippen molar-refractivity contribution in [3.8, 4) is 0 Å². The lowest BCUT2D eigenvalue weighted by Crippen LogP contribution is -2.60. The zero-order chi connectivity index (χ0) is 28.1. The number of hydrogen-bond acceptors (Lipinski definition) is 9. The predicted molar refractivity (Wildman–Crippen MR) is 128 cm³/mol. The number of aromatic nitrogens is 2. The minimum Gasteiger partial charge on any atom is -0.481 e. The van der Waals surface area contributed by atoms with E-state index >= 15 is 0 Å². The van der Waals surface area contributed by atoms with Gasteiger partial charge in [-0.15, -0.1) is 0 Å². The minimum atomic E-state index is -1.67. The number of carbonyl (C=O) groups is 5. The van der Waals surface area contributed by atoms with Gasteiger partial charge in [0.2, 0.25) is 17.7 Å². The fraction of sp³-hybridized carbons (Fsp3) is 0.550. The number of aliphatic imine (C=N–C) groups is 1. The van der Waals surface area contributed by atoms with Crippen LogP contribution in [-0.4, -0.2) is 97.7 Å². The van der Waals surface area contributed by atoms with Gasteiger partial charge in [0.25, 0.3) is 0 Å². The van der Waals surface area contributed by atoms with E-state index in [0.29, 0.717) is 12.1 Å². The van der Waals surface area contributed by atoms with E-state index in [1.165, 1.54) is 12.5 Å². The maximum Gasteiger partial charge on any atom is 0.326 e. The molecule has 17 heteroatoms. The quantitative estimate of drug-likeness (QED) is 0.0555. The maximum atomic E-state index is 12.8. The molecule has 37 heavy (non-hydrogen) atoms. The second-order valence-corrected chi connectivity index (χ2v) is 8.12. The molecular formula is C20H33N9O8. The molecule has 0 aromatic carbocycles. The third-order valence-corrected chi connectivity index (χ3v) is 4.97. The number of nitrogens with zero attached hydrogens (tertiary/aromatic N) is 2. The first-order valence-corrected chi connectivity index (χ1v) is 11.1. The van der Waals surface area contributed by atoms with Crippen LogP contribution in [0.5, 0.6) is 0 Å². The van der Waals surface area contributed by atoms with Crippen LogP contribution in [0, 0.1) is 0 Å². The van der Waals surface area contributed by atoms with Crippen LogP contribution in [0.4, 0.5) is 0 Å². The molecule has 0 aliphatic heterocycles. The zero-order valence-corrected chi connectivity index (χ0v) is 20.1. The van der Waals surface area contributed by atoms with Crippen LogP contribution in [0.25, 0.3) is 0 Å². The Balaban J connectivity index is 2.87. The number of rotatable bonds is 16. The first-order chi connectivity index (χ1) is 17.3. The Morgan fingerprint density at radius 3 is 2.22 bits per heavy atom. The van der Waals surface area contributed by atoms with Crippen molar-refractivity contribution in [1.29, 1.82) is 0 Å². The number of imidazole rings is 1. The molecule has 206 valence electrons.